The predicted octanol–water partition coefficient (Wildman–Crippen LogP) is 13.8. The molecule has 12 aromatic rings. The van der Waals surface area contributed by atoms with Crippen molar-refractivity contribution in [3.05, 3.63) is 182 Å². The Morgan fingerprint density at radius 2 is 0.875 bits per heavy atom. The number of thiophene rings is 1. The summed E-state index contributed by atoms with van der Waals surface area (Å²) in [4.78, 5) is 15.4. The van der Waals surface area contributed by atoms with Crippen LogP contribution in [0.3, 0.4) is 0 Å². The van der Waals surface area contributed by atoms with E-state index in [4.69, 9.17) is 15.0 Å². The van der Waals surface area contributed by atoms with Crippen LogP contribution in [0.4, 0.5) is 0 Å². The monoisotopic (exact) mass is 730 g/mol. The third kappa shape index (κ3) is 4.68. The van der Waals surface area contributed by atoms with Crippen LogP contribution in [0.1, 0.15) is 0 Å². The number of rotatable bonds is 4. The van der Waals surface area contributed by atoms with Crippen molar-refractivity contribution in [1.29, 1.82) is 0 Å². The Hall–Kier alpha value is -7.21. The molecule has 4 nitrogen and oxygen atoms in total. The van der Waals surface area contributed by atoms with E-state index in [1.54, 1.807) is 0 Å². The molecule has 8 aromatic carbocycles. The maximum absolute atomic E-state index is 5.20. The van der Waals surface area contributed by atoms with Crippen LogP contribution < -0.4 is 0 Å². The molecule has 0 unspecified atom stereocenters. The summed E-state index contributed by atoms with van der Waals surface area (Å²) in [7, 11) is 0. The Morgan fingerprint density at radius 1 is 0.321 bits per heavy atom. The third-order valence-corrected chi connectivity index (χ3v) is 12.3. The lowest BCUT2D eigenvalue weighted by molar-refractivity contribution is 1.07. The van der Waals surface area contributed by atoms with Crippen LogP contribution in [0.2, 0.25) is 0 Å². The molecule has 5 heteroatoms. The summed E-state index contributed by atoms with van der Waals surface area (Å²) in [6.45, 7) is 0. The van der Waals surface area contributed by atoms with Gasteiger partial charge in [-0.25, -0.2) is 15.0 Å². The van der Waals surface area contributed by atoms with Crippen LogP contribution in [0.15, 0.2) is 182 Å². The van der Waals surface area contributed by atoms with Gasteiger partial charge in [-0.2, -0.15) is 0 Å². The lowest BCUT2D eigenvalue weighted by atomic mass is 10.0. The predicted molar refractivity (Wildman–Crippen MR) is 235 cm³/mol. The van der Waals surface area contributed by atoms with E-state index >= 15 is 0 Å². The molecular weight excluding hydrogens is 701 g/mol. The zero-order valence-corrected chi connectivity index (χ0v) is 30.8. The standard InChI is InChI=1S/C51H30N4S/c1-3-13-31(14-4-1)33-17-11-18-34(29-33)50-52-49(32-15-5-2-6-16-32)53-51(54-50)35-25-27-43-41(30-35)40-26-28-45-47-46-39(22-12-24-44(46)56-45)37-20-8-7-19-36(37)38-21-9-10-23-42(38)55(43)48(40)47/h1-30H. The normalized spacial score (nSPS) is 11.9. The fraction of sp³-hybridized carbons (Fsp3) is 0. The van der Waals surface area contributed by atoms with Gasteiger partial charge in [-0.15, -0.1) is 11.3 Å². The SMILES string of the molecule is c1ccc(-c2cccc(-c3nc(-c4ccccc4)nc(-c4ccc5c(c4)c4ccc6sc7cccc8c9ccccc9c9ccccc9n5c4c6c78)n3)c2)cc1. The Bertz CT molecular complexity index is 3510. The molecule has 0 N–H and O–H groups in total. The average Bonchev–Trinajstić information content (AvgIpc) is 3.83. The first kappa shape index (κ1) is 31.2. The third-order valence-electron chi connectivity index (χ3n) is 11.2. The van der Waals surface area contributed by atoms with Crippen LogP contribution >= 0.6 is 11.3 Å². The molecule has 0 aliphatic rings. The average molecular weight is 731 g/mol. The summed E-state index contributed by atoms with van der Waals surface area (Å²) >= 11 is 1.87. The fourth-order valence-electron chi connectivity index (χ4n) is 8.69. The molecule has 0 spiro atoms. The maximum atomic E-state index is 5.20. The van der Waals surface area contributed by atoms with E-state index in [2.05, 4.69) is 162 Å². The summed E-state index contributed by atoms with van der Waals surface area (Å²) in [5.41, 5.74) is 8.64. The van der Waals surface area contributed by atoms with Crippen LogP contribution in [-0.4, -0.2) is 19.4 Å². The number of fused-ring (bicyclic) bond motifs is 8. The van der Waals surface area contributed by atoms with Crippen molar-refractivity contribution < 1.29 is 0 Å². The molecule has 260 valence electrons. The van der Waals surface area contributed by atoms with Gasteiger partial charge in [-0.1, -0.05) is 140 Å². The van der Waals surface area contributed by atoms with E-state index in [9.17, 15) is 0 Å². The van der Waals surface area contributed by atoms with E-state index in [1.807, 2.05) is 35.6 Å². The molecule has 0 atom stereocenters. The molecule has 12 rings (SSSR count). The molecule has 0 fully saturated rings. The van der Waals surface area contributed by atoms with E-state index in [1.165, 1.54) is 58.1 Å². The highest BCUT2D eigenvalue weighted by Gasteiger charge is 2.21. The minimum Gasteiger partial charge on any atom is -0.308 e. The number of hydrogen-bond donors (Lipinski definition) is 0. The number of aromatic nitrogens is 4. The summed E-state index contributed by atoms with van der Waals surface area (Å²) in [6.07, 6.45) is 0. The molecule has 0 aliphatic carbocycles. The molecule has 0 bridgehead atoms. The van der Waals surface area contributed by atoms with Crippen LogP contribution in [-0.2, 0) is 0 Å². The first-order chi connectivity index (χ1) is 27.8. The number of benzene rings is 8. The molecule has 0 radical (unpaired) electrons. The van der Waals surface area contributed by atoms with Gasteiger partial charge < -0.3 is 4.40 Å². The van der Waals surface area contributed by atoms with E-state index in [0.717, 1.165) is 38.7 Å². The zero-order chi connectivity index (χ0) is 36.7. The van der Waals surface area contributed by atoms with Crippen molar-refractivity contribution in [2.75, 3.05) is 0 Å². The van der Waals surface area contributed by atoms with E-state index < -0.39 is 0 Å². The second kappa shape index (κ2) is 12.2. The Balaban J connectivity index is 1.17. The Morgan fingerprint density at radius 3 is 1.66 bits per heavy atom. The molecule has 0 saturated carbocycles. The summed E-state index contributed by atoms with van der Waals surface area (Å²) in [5, 5.41) is 9.96. The van der Waals surface area contributed by atoms with Crippen molar-refractivity contribution in [3.8, 4) is 45.3 Å². The Kier molecular flexibility index (Phi) is 6.76. The molecule has 56 heavy (non-hydrogen) atoms. The van der Waals surface area contributed by atoms with E-state index in [-0.39, 0.29) is 0 Å². The molecule has 0 aliphatic heterocycles. The minimum absolute atomic E-state index is 0.640. The van der Waals surface area contributed by atoms with Gasteiger partial charge in [0.2, 0.25) is 0 Å². The molecule has 0 amide bonds. The molecular formula is C51H30N4S. The quantitative estimate of drug-likeness (QED) is 0.181. The van der Waals surface area contributed by atoms with Crippen LogP contribution in [0, 0.1) is 0 Å². The Labute approximate surface area is 325 Å². The highest BCUT2D eigenvalue weighted by Crippen LogP contribution is 2.46. The van der Waals surface area contributed by atoms with Gasteiger partial charge in [0.05, 0.1) is 16.6 Å². The van der Waals surface area contributed by atoms with Crippen molar-refractivity contribution in [1.82, 2.24) is 19.4 Å². The van der Waals surface area contributed by atoms with E-state index in [0.29, 0.717) is 17.5 Å². The largest absolute Gasteiger partial charge is 0.308 e. The summed E-state index contributed by atoms with van der Waals surface area (Å²) in [6, 6.07) is 64.9. The maximum Gasteiger partial charge on any atom is 0.164 e. The van der Waals surface area contributed by atoms with Gasteiger partial charge in [0.15, 0.2) is 17.5 Å². The summed E-state index contributed by atoms with van der Waals surface area (Å²) in [5.74, 6) is 1.93. The van der Waals surface area contributed by atoms with Crippen molar-refractivity contribution in [3.63, 3.8) is 0 Å². The number of para-hydroxylation sites is 1. The highest BCUT2D eigenvalue weighted by molar-refractivity contribution is 7.26. The van der Waals surface area contributed by atoms with Gasteiger partial charge in [0.1, 0.15) is 0 Å². The molecule has 0 saturated heterocycles. The molecule has 4 heterocycles. The smallest absolute Gasteiger partial charge is 0.164 e. The first-order valence-corrected chi connectivity index (χ1v) is 19.7. The zero-order valence-electron chi connectivity index (χ0n) is 30.0. The molecule has 4 aromatic heterocycles. The lowest BCUT2D eigenvalue weighted by Crippen LogP contribution is -2.00. The van der Waals surface area contributed by atoms with Crippen LogP contribution in [0.5, 0.6) is 0 Å². The number of hydrogen-bond acceptors (Lipinski definition) is 4. The number of nitrogens with zero attached hydrogens (tertiary/aromatic N) is 4. The second-order valence-electron chi connectivity index (χ2n) is 14.4. The van der Waals surface area contributed by atoms with Crippen molar-refractivity contribution in [2.24, 2.45) is 0 Å². The van der Waals surface area contributed by atoms with Gasteiger partial charge in [0.25, 0.3) is 0 Å². The minimum atomic E-state index is 0.640. The van der Waals surface area contributed by atoms with Crippen LogP contribution in [0.25, 0.3) is 114 Å². The lowest BCUT2D eigenvalue weighted by Gasteiger charge is -2.10. The topological polar surface area (TPSA) is 43.1 Å². The van der Waals surface area contributed by atoms with Gasteiger partial charge in [0, 0.05) is 53.0 Å². The summed E-state index contributed by atoms with van der Waals surface area (Å²) < 4.78 is 5.08. The van der Waals surface area contributed by atoms with Crippen molar-refractivity contribution in [2.45, 2.75) is 0 Å². The fourth-order valence-corrected chi connectivity index (χ4v) is 9.83. The van der Waals surface area contributed by atoms with Crippen molar-refractivity contribution >= 4 is 80.4 Å². The second-order valence-corrected chi connectivity index (χ2v) is 15.4. The van der Waals surface area contributed by atoms with Gasteiger partial charge >= 0.3 is 0 Å². The van der Waals surface area contributed by atoms with Gasteiger partial charge in [-0.05, 0) is 69.8 Å². The highest BCUT2D eigenvalue weighted by atomic mass is 32.1. The van der Waals surface area contributed by atoms with Gasteiger partial charge in [-0.3, -0.25) is 0 Å². The first-order valence-electron chi connectivity index (χ1n) is 18.9.